The fraction of sp³-hybridized carbons (Fsp3) is 0.438. The minimum Gasteiger partial charge on any atom is -0.460 e. The minimum absolute atomic E-state index is 0. The number of nitrogens with two attached hydrogens (primary N) is 1. The molecule has 0 bridgehead atoms. The number of carbonyl (C=O) groups excluding carboxylic acids is 1. The van der Waals surface area contributed by atoms with E-state index in [9.17, 15) is 4.79 Å². The highest BCUT2D eigenvalue weighted by atomic mass is 35.5. The monoisotopic (exact) mass is 308 g/mol. The molecule has 0 aliphatic heterocycles. The van der Waals surface area contributed by atoms with Gasteiger partial charge < -0.3 is 15.5 Å². The van der Waals surface area contributed by atoms with Crippen LogP contribution >= 0.6 is 12.4 Å². The molecular weight excluding hydrogens is 288 g/mol. The van der Waals surface area contributed by atoms with E-state index in [1.54, 1.807) is 0 Å². The number of hydrogen-bond donors (Lipinski definition) is 2. The quantitative estimate of drug-likeness (QED) is 0.892. The van der Waals surface area contributed by atoms with Crippen LogP contribution in [0.2, 0.25) is 0 Å². The van der Waals surface area contributed by atoms with E-state index >= 15 is 0 Å². The first-order valence-corrected chi connectivity index (χ1v) is 7.17. The van der Waals surface area contributed by atoms with Crippen molar-refractivity contribution in [2.45, 2.75) is 31.7 Å². The molecule has 2 unspecified atom stereocenters. The van der Waals surface area contributed by atoms with E-state index in [0.29, 0.717) is 18.2 Å². The van der Waals surface area contributed by atoms with Crippen molar-refractivity contribution in [2.75, 3.05) is 6.54 Å². The summed E-state index contributed by atoms with van der Waals surface area (Å²) in [6.07, 6.45) is 2.38. The zero-order valence-corrected chi connectivity index (χ0v) is 12.9. The molecule has 0 saturated heterocycles. The van der Waals surface area contributed by atoms with Gasteiger partial charge in [-0.05, 0) is 37.8 Å². The van der Waals surface area contributed by atoms with Crippen molar-refractivity contribution < 1.29 is 9.21 Å². The fourth-order valence-corrected chi connectivity index (χ4v) is 2.41. The van der Waals surface area contributed by atoms with Gasteiger partial charge in [0.25, 0.3) is 0 Å². The van der Waals surface area contributed by atoms with Gasteiger partial charge in [0.15, 0.2) is 0 Å². The third-order valence-electron chi connectivity index (χ3n) is 4.00. The van der Waals surface area contributed by atoms with Crippen molar-refractivity contribution in [2.24, 2.45) is 11.7 Å². The summed E-state index contributed by atoms with van der Waals surface area (Å²) in [5, 5.41) is 3.95. The van der Waals surface area contributed by atoms with Crippen molar-refractivity contribution in [3.8, 4) is 0 Å². The normalized spacial score (nSPS) is 17.0. The summed E-state index contributed by atoms with van der Waals surface area (Å²) in [5.74, 6) is 0.967. The third kappa shape index (κ3) is 3.57. The van der Waals surface area contributed by atoms with Gasteiger partial charge in [-0.2, -0.15) is 0 Å². The molecule has 1 aliphatic carbocycles. The van der Waals surface area contributed by atoms with Crippen LogP contribution in [0.5, 0.6) is 0 Å². The Hall–Kier alpha value is -1.52. The molecule has 0 spiro atoms. The van der Waals surface area contributed by atoms with Crippen molar-refractivity contribution in [1.82, 2.24) is 5.32 Å². The number of para-hydroxylation sites is 1. The third-order valence-corrected chi connectivity index (χ3v) is 4.00. The largest absolute Gasteiger partial charge is 0.460 e. The molecule has 2 atom stereocenters. The van der Waals surface area contributed by atoms with Gasteiger partial charge in [-0.1, -0.05) is 18.2 Å². The van der Waals surface area contributed by atoms with Gasteiger partial charge in [-0.3, -0.25) is 4.79 Å². The van der Waals surface area contributed by atoms with Crippen molar-refractivity contribution in [3.05, 3.63) is 36.1 Å². The van der Waals surface area contributed by atoms with Gasteiger partial charge in [0.1, 0.15) is 11.3 Å². The van der Waals surface area contributed by atoms with Gasteiger partial charge in [0.2, 0.25) is 5.91 Å². The number of benzene rings is 1. The predicted octanol–water partition coefficient (Wildman–Crippen LogP) is 2.81. The van der Waals surface area contributed by atoms with E-state index in [4.69, 9.17) is 10.2 Å². The Morgan fingerprint density at radius 3 is 2.81 bits per heavy atom. The maximum Gasteiger partial charge on any atom is 0.230 e. The molecule has 114 valence electrons. The smallest absolute Gasteiger partial charge is 0.230 e. The van der Waals surface area contributed by atoms with Crippen LogP contribution < -0.4 is 11.1 Å². The van der Waals surface area contributed by atoms with E-state index in [-0.39, 0.29) is 30.3 Å². The Balaban J connectivity index is 0.00000161. The van der Waals surface area contributed by atoms with E-state index < -0.39 is 0 Å². The number of fused-ring (bicyclic) bond motifs is 1. The minimum atomic E-state index is -0.297. The first-order valence-electron chi connectivity index (χ1n) is 7.17. The molecule has 1 fully saturated rings. The predicted molar refractivity (Wildman–Crippen MR) is 85.6 cm³/mol. The highest BCUT2D eigenvalue weighted by Crippen LogP contribution is 2.31. The molecule has 3 N–H and O–H groups in total. The van der Waals surface area contributed by atoms with Gasteiger partial charge in [-0.25, -0.2) is 0 Å². The molecule has 21 heavy (non-hydrogen) atoms. The lowest BCUT2D eigenvalue weighted by Crippen LogP contribution is -2.40. The molecule has 1 heterocycles. The molecule has 0 radical (unpaired) electrons. The standard InChI is InChI=1S/C16H20N2O2.ClH/c1-10(16(19)18-9-13(17)11-6-7-11)15-8-12-4-2-3-5-14(12)20-15;/h2-5,8,10-11,13H,6-7,9,17H2,1H3,(H,18,19);1H. The van der Waals surface area contributed by atoms with Crippen molar-refractivity contribution in [3.63, 3.8) is 0 Å². The maximum atomic E-state index is 12.1. The van der Waals surface area contributed by atoms with Gasteiger partial charge in [-0.15, -0.1) is 12.4 Å². The first kappa shape index (κ1) is 15.9. The lowest BCUT2D eigenvalue weighted by atomic mass is 10.1. The highest BCUT2D eigenvalue weighted by Gasteiger charge is 2.29. The molecule has 4 nitrogen and oxygen atoms in total. The topological polar surface area (TPSA) is 68.3 Å². The average molecular weight is 309 g/mol. The SMILES string of the molecule is CC(C(=O)NCC(N)C1CC1)c1cc2ccccc2o1.Cl. The molecule has 2 aromatic rings. The van der Waals surface area contributed by atoms with Crippen LogP contribution in [-0.2, 0) is 4.79 Å². The molecule has 1 amide bonds. The Labute approximate surface area is 130 Å². The summed E-state index contributed by atoms with van der Waals surface area (Å²) in [5.41, 5.74) is 6.81. The summed E-state index contributed by atoms with van der Waals surface area (Å²) < 4.78 is 5.73. The van der Waals surface area contributed by atoms with Gasteiger partial charge in [0, 0.05) is 18.0 Å². The number of halogens is 1. The lowest BCUT2D eigenvalue weighted by molar-refractivity contribution is -0.122. The number of nitrogens with one attached hydrogen (secondary N) is 1. The summed E-state index contributed by atoms with van der Waals surface area (Å²) in [6.45, 7) is 2.41. The molecule has 1 aromatic carbocycles. The molecule has 1 aliphatic rings. The second-order valence-electron chi connectivity index (χ2n) is 5.65. The van der Waals surface area contributed by atoms with Crippen LogP contribution in [0, 0.1) is 5.92 Å². The zero-order chi connectivity index (χ0) is 14.1. The highest BCUT2D eigenvalue weighted by molar-refractivity contribution is 5.85. The molecule has 3 rings (SSSR count). The molecular formula is C16H21ClN2O2. The summed E-state index contributed by atoms with van der Waals surface area (Å²) >= 11 is 0. The number of rotatable bonds is 5. The summed E-state index contributed by atoms with van der Waals surface area (Å²) in [6, 6.07) is 9.79. The number of amides is 1. The maximum absolute atomic E-state index is 12.1. The second-order valence-corrected chi connectivity index (χ2v) is 5.65. The Morgan fingerprint density at radius 1 is 1.43 bits per heavy atom. The summed E-state index contributed by atoms with van der Waals surface area (Å²) in [7, 11) is 0. The van der Waals surface area contributed by atoms with E-state index in [2.05, 4.69) is 5.32 Å². The second kappa shape index (κ2) is 6.50. The van der Waals surface area contributed by atoms with Crippen LogP contribution in [0.15, 0.2) is 34.7 Å². The number of hydrogen-bond acceptors (Lipinski definition) is 3. The first-order chi connectivity index (χ1) is 9.65. The number of furan rings is 1. The fourth-order valence-electron chi connectivity index (χ4n) is 2.41. The molecule has 1 aromatic heterocycles. The zero-order valence-electron chi connectivity index (χ0n) is 12.0. The Bertz CT molecular complexity index is 589. The Kier molecular flexibility index (Phi) is 4.91. The van der Waals surface area contributed by atoms with E-state index in [0.717, 1.165) is 11.0 Å². The van der Waals surface area contributed by atoms with Gasteiger partial charge in [0.05, 0.1) is 5.92 Å². The number of carbonyl (C=O) groups is 1. The van der Waals surface area contributed by atoms with Crippen LogP contribution in [0.1, 0.15) is 31.4 Å². The summed E-state index contributed by atoms with van der Waals surface area (Å²) in [4.78, 5) is 12.1. The van der Waals surface area contributed by atoms with Crippen LogP contribution in [0.25, 0.3) is 11.0 Å². The van der Waals surface area contributed by atoms with Crippen LogP contribution in [0.4, 0.5) is 0 Å². The lowest BCUT2D eigenvalue weighted by Gasteiger charge is -2.14. The average Bonchev–Trinajstić information content (AvgIpc) is 3.22. The molecule has 1 saturated carbocycles. The van der Waals surface area contributed by atoms with E-state index in [1.807, 2.05) is 37.3 Å². The van der Waals surface area contributed by atoms with Gasteiger partial charge >= 0.3 is 0 Å². The van der Waals surface area contributed by atoms with Crippen molar-refractivity contribution in [1.29, 1.82) is 0 Å². The van der Waals surface area contributed by atoms with Crippen LogP contribution in [-0.4, -0.2) is 18.5 Å². The molecule has 5 heteroatoms. The van der Waals surface area contributed by atoms with Crippen LogP contribution in [0.3, 0.4) is 0 Å². The Morgan fingerprint density at radius 2 is 2.14 bits per heavy atom. The van der Waals surface area contributed by atoms with E-state index in [1.165, 1.54) is 12.8 Å². The van der Waals surface area contributed by atoms with Crippen molar-refractivity contribution >= 4 is 29.3 Å².